The average Bonchev–Trinajstić information content (AvgIpc) is 3.36. The van der Waals surface area contributed by atoms with Crippen molar-refractivity contribution in [3.63, 3.8) is 0 Å². The van der Waals surface area contributed by atoms with Crippen LogP contribution in [0.3, 0.4) is 0 Å². The van der Waals surface area contributed by atoms with E-state index in [9.17, 15) is 4.79 Å². The minimum absolute atomic E-state index is 0.0770. The molecule has 1 saturated heterocycles. The molecule has 25 heavy (non-hydrogen) atoms. The van der Waals surface area contributed by atoms with E-state index in [1.807, 2.05) is 41.8 Å². The molecule has 1 aliphatic rings. The number of nitrogens with one attached hydrogen (secondary N) is 2. The van der Waals surface area contributed by atoms with Crippen LogP contribution in [0.25, 0.3) is 5.69 Å². The van der Waals surface area contributed by atoms with E-state index < -0.39 is 0 Å². The van der Waals surface area contributed by atoms with Gasteiger partial charge in [-0.15, -0.1) is 21.5 Å². The van der Waals surface area contributed by atoms with E-state index in [2.05, 4.69) is 26.9 Å². The molecule has 3 heterocycles. The van der Waals surface area contributed by atoms with Gasteiger partial charge in [0, 0.05) is 16.6 Å². The molecule has 1 amide bonds. The fourth-order valence-electron chi connectivity index (χ4n) is 3.06. The summed E-state index contributed by atoms with van der Waals surface area (Å²) in [7, 11) is 0. The monoisotopic (exact) mass is 353 g/mol. The van der Waals surface area contributed by atoms with Crippen molar-refractivity contribution in [3.8, 4) is 5.69 Å². The number of carbonyl (C=O) groups is 1. The molecule has 0 bridgehead atoms. The van der Waals surface area contributed by atoms with Crippen molar-refractivity contribution in [1.29, 1.82) is 0 Å². The molecule has 6 nitrogen and oxygen atoms in total. The molecule has 0 spiro atoms. The molecule has 1 aromatic carbocycles. The fraction of sp³-hybridized carbons (Fsp3) is 0.278. The summed E-state index contributed by atoms with van der Waals surface area (Å²) in [6.07, 6.45) is 4.00. The quantitative estimate of drug-likeness (QED) is 0.755. The van der Waals surface area contributed by atoms with Gasteiger partial charge >= 0.3 is 0 Å². The molecule has 0 aliphatic carbocycles. The zero-order valence-electron chi connectivity index (χ0n) is 13.9. The molecule has 4 rings (SSSR count). The summed E-state index contributed by atoms with van der Waals surface area (Å²) in [6.45, 7) is 2.95. The highest BCUT2D eigenvalue weighted by Crippen LogP contribution is 2.29. The first-order chi connectivity index (χ1) is 12.2. The lowest BCUT2D eigenvalue weighted by Gasteiger charge is -2.08. The SMILES string of the molecule is Cc1nncn1-c1cccc(NC(=O)c2ccc(C3CCCN3)s2)c1. The van der Waals surface area contributed by atoms with Gasteiger partial charge in [0.15, 0.2) is 0 Å². The predicted molar refractivity (Wildman–Crippen MR) is 98.3 cm³/mol. The first kappa shape index (κ1) is 16.0. The van der Waals surface area contributed by atoms with Crippen LogP contribution in [0, 0.1) is 6.92 Å². The first-order valence-electron chi connectivity index (χ1n) is 8.32. The summed E-state index contributed by atoms with van der Waals surface area (Å²) in [5, 5.41) is 14.3. The second-order valence-corrected chi connectivity index (χ2v) is 7.22. The van der Waals surface area contributed by atoms with Gasteiger partial charge in [0.05, 0.1) is 10.6 Å². The van der Waals surface area contributed by atoms with Gasteiger partial charge in [-0.2, -0.15) is 0 Å². The van der Waals surface area contributed by atoms with Crippen molar-refractivity contribution in [2.75, 3.05) is 11.9 Å². The van der Waals surface area contributed by atoms with Crippen molar-refractivity contribution in [2.24, 2.45) is 0 Å². The smallest absolute Gasteiger partial charge is 0.265 e. The van der Waals surface area contributed by atoms with E-state index in [0.29, 0.717) is 6.04 Å². The van der Waals surface area contributed by atoms with Gasteiger partial charge in [0.1, 0.15) is 12.2 Å². The van der Waals surface area contributed by atoms with Crippen LogP contribution >= 0.6 is 11.3 Å². The maximum Gasteiger partial charge on any atom is 0.265 e. The first-order valence-corrected chi connectivity index (χ1v) is 9.14. The summed E-state index contributed by atoms with van der Waals surface area (Å²) in [5.41, 5.74) is 1.67. The summed E-state index contributed by atoms with van der Waals surface area (Å²) >= 11 is 1.56. The van der Waals surface area contributed by atoms with Crippen molar-refractivity contribution in [2.45, 2.75) is 25.8 Å². The summed E-state index contributed by atoms with van der Waals surface area (Å²) in [6, 6.07) is 12.0. The molecule has 1 unspecified atom stereocenters. The Morgan fingerprint density at radius 2 is 2.28 bits per heavy atom. The number of amides is 1. The molecule has 7 heteroatoms. The van der Waals surface area contributed by atoms with E-state index in [-0.39, 0.29) is 5.91 Å². The maximum atomic E-state index is 12.6. The molecular formula is C18H19N5OS. The Balaban J connectivity index is 1.50. The Kier molecular flexibility index (Phi) is 4.33. The molecule has 128 valence electrons. The number of aromatic nitrogens is 3. The van der Waals surface area contributed by atoms with Gasteiger partial charge in [0.2, 0.25) is 0 Å². The van der Waals surface area contributed by atoms with Gasteiger partial charge in [0.25, 0.3) is 5.91 Å². The van der Waals surface area contributed by atoms with Crippen LogP contribution < -0.4 is 10.6 Å². The Morgan fingerprint density at radius 1 is 1.36 bits per heavy atom. The summed E-state index contributed by atoms with van der Waals surface area (Å²) < 4.78 is 1.88. The lowest BCUT2D eigenvalue weighted by molar-refractivity contribution is 0.103. The van der Waals surface area contributed by atoms with Crippen LogP contribution in [0.1, 0.15) is 39.3 Å². The predicted octanol–water partition coefficient (Wildman–Crippen LogP) is 3.31. The highest BCUT2D eigenvalue weighted by atomic mass is 32.1. The fourth-order valence-corrected chi connectivity index (χ4v) is 4.08. The molecule has 2 aromatic heterocycles. The minimum atomic E-state index is -0.0770. The van der Waals surface area contributed by atoms with Gasteiger partial charge in [-0.25, -0.2) is 0 Å². The van der Waals surface area contributed by atoms with Gasteiger partial charge in [-0.1, -0.05) is 6.07 Å². The number of benzene rings is 1. The van der Waals surface area contributed by atoms with E-state index in [1.54, 1.807) is 17.7 Å². The second-order valence-electron chi connectivity index (χ2n) is 6.10. The molecule has 0 saturated carbocycles. The molecular weight excluding hydrogens is 334 g/mol. The van der Waals surface area contributed by atoms with Crippen LogP contribution in [0.15, 0.2) is 42.7 Å². The lowest BCUT2D eigenvalue weighted by Crippen LogP contribution is -2.12. The van der Waals surface area contributed by atoms with Gasteiger partial charge in [-0.3, -0.25) is 9.36 Å². The molecule has 1 atom stereocenters. The second kappa shape index (κ2) is 6.78. The molecule has 2 N–H and O–H groups in total. The molecule has 1 fully saturated rings. The zero-order chi connectivity index (χ0) is 17.2. The Labute approximate surface area is 149 Å². The van der Waals surface area contributed by atoms with Gasteiger partial charge in [-0.05, 0) is 56.6 Å². The highest BCUT2D eigenvalue weighted by molar-refractivity contribution is 7.14. The number of carbonyl (C=O) groups excluding carboxylic acids is 1. The minimum Gasteiger partial charge on any atom is -0.321 e. The number of thiophene rings is 1. The standard InChI is InChI=1S/C18H19N5OS/c1-12-22-20-11-23(12)14-5-2-4-13(10-14)21-18(24)17-8-7-16(25-17)15-6-3-9-19-15/h2,4-5,7-8,10-11,15,19H,3,6,9H2,1H3,(H,21,24). The average molecular weight is 353 g/mol. The number of rotatable bonds is 4. The third-order valence-corrected chi connectivity index (χ3v) is 5.55. The van der Waals surface area contributed by atoms with Crippen LogP contribution in [0.5, 0.6) is 0 Å². The van der Waals surface area contributed by atoms with E-state index in [1.165, 1.54) is 11.3 Å². The number of hydrogen-bond donors (Lipinski definition) is 2. The van der Waals surface area contributed by atoms with Crippen LogP contribution in [-0.4, -0.2) is 27.2 Å². The lowest BCUT2D eigenvalue weighted by atomic mass is 10.2. The van der Waals surface area contributed by atoms with Crippen molar-refractivity contribution in [1.82, 2.24) is 20.1 Å². The van der Waals surface area contributed by atoms with Crippen LogP contribution in [-0.2, 0) is 0 Å². The Bertz CT molecular complexity index is 894. The zero-order valence-corrected chi connectivity index (χ0v) is 14.7. The van der Waals surface area contributed by atoms with Crippen molar-refractivity contribution in [3.05, 3.63) is 58.3 Å². The van der Waals surface area contributed by atoms with E-state index in [4.69, 9.17) is 0 Å². The Morgan fingerprint density at radius 3 is 3.04 bits per heavy atom. The molecule has 0 radical (unpaired) electrons. The maximum absolute atomic E-state index is 12.6. The van der Waals surface area contributed by atoms with Crippen molar-refractivity contribution >= 4 is 22.9 Å². The van der Waals surface area contributed by atoms with Gasteiger partial charge < -0.3 is 10.6 Å². The summed E-state index contributed by atoms with van der Waals surface area (Å²) in [4.78, 5) is 14.5. The molecule has 1 aliphatic heterocycles. The number of nitrogens with zero attached hydrogens (tertiary/aromatic N) is 3. The number of anilines is 1. The molecule has 3 aromatic rings. The third-order valence-electron chi connectivity index (χ3n) is 4.35. The highest BCUT2D eigenvalue weighted by Gasteiger charge is 2.19. The van der Waals surface area contributed by atoms with Crippen LogP contribution in [0.2, 0.25) is 0 Å². The normalized spacial score (nSPS) is 16.9. The third kappa shape index (κ3) is 3.33. The van der Waals surface area contributed by atoms with E-state index >= 15 is 0 Å². The number of aryl methyl sites for hydroxylation is 1. The van der Waals surface area contributed by atoms with Crippen molar-refractivity contribution < 1.29 is 4.79 Å². The summed E-state index contributed by atoms with van der Waals surface area (Å²) in [5.74, 6) is 0.724. The van der Waals surface area contributed by atoms with Crippen LogP contribution in [0.4, 0.5) is 5.69 Å². The Hall–Kier alpha value is -2.51. The van der Waals surface area contributed by atoms with E-state index in [0.717, 1.165) is 35.0 Å². The topological polar surface area (TPSA) is 71.8 Å². The largest absolute Gasteiger partial charge is 0.321 e. The number of hydrogen-bond acceptors (Lipinski definition) is 5.